The van der Waals surface area contributed by atoms with Crippen molar-refractivity contribution >= 4 is 27.1 Å². The minimum atomic E-state index is -3.35. The number of carbonyl (C=O) groups is 1. The number of rotatable bonds is 6. The number of nitrogens with zero attached hydrogens (tertiary/aromatic N) is 2. The summed E-state index contributed by atoms with van der Waals surface area (Å²) in [6, 6.07) is 11.5. The highest BCUT2D eigenvalue weighted by Gasteiger charge is 2.35. The number of hydrazone groups is 1. The molecule has 1 aliphatic heterocycles. The van der Waals surface area contributed by atoms with Crippen molar-refractivity contribution in [3.8, 4) is 0 Å². The van der Waals surface area contributed by atoms with Gasteiger partial charge in [-0.2, -0.15) is 5.10 Å². The van der Waals surface area contributed by atoms with E-state index in [9.17, 15) is 13.2 Å². The van der Waals surface area contributed by atoms with Gasteiger partial charge in [-0.25, -0.2) is 13.4 Å². The Labute approximate surface area is 174 Å². The van der Waals surface area contributed by atoms with E-state index in [-0.39, 0.29) is 23.4 Å². The average Bonchev–Trinajstić information content (AvgIpc) is 3.46. The first-order valence-corrected chi connectivity index (χ1v) is 11.2. The second-order valence-corrected chi connectivity index (χ2v) is 9.12. The summed E-state index contributed by atoms with van der Waals surface area (Å²) < 4.78 is 34.6. The van der Waals surface area contributed by atoms with E-state index in [1.165, 1.54) is 11.1 Å². The highest BCUT2D eigenvalue weighted by atomic mass is 32.2. The van der Waals surface area contributed by atoms with Gasteiger partial charge in [0, 0.05) is 18.4 Å². The van der Waals surface area contributed by atoms with E-state index < -0.39 is 9.84 Å². The van der Waals surface area contributed by atoms with Crippen molar-refractivity contribution in [3.05, 3.63) is 72.1 Å². The lowest BCUT2D eigenvalue weighted by Gasteiger charge is -2.20. The summed E-state index contributed by atoms with van der Waals surface area (Å²) in [5, 5.41) is 8.90. The van der Waals surface area contributed by atoms with Crippen LogP contribution in [0.4, 0.5) is 5.69 Å². The topological polar surface area (TPSA) is 105 Å². The number of nitrogens with one attached hydrogen (secondary N) is 1. The Morgan fingerprint density at radius 1 is 1.20 bits per heavy atom. The van der Waals surface area contributed by atoms with Gasteiger partial charge in [-0.3, -0.25) is 4.79 Å². The Balaban J connectivity index is 1.55. The van der Waals surface area contributed by atoms with Crippen LogP contribution < -0.4 is 5.32 Å². The Morgan fingerprint density at radius 3 is 2.63 bits per heavy atom. The second kappa shape index (κ2) is 7.83. The summed E-state index contributed by atoms with van der Waals surface area (Å²) in [5.41, 5.74) is 2.07. The van der Waals surface area contributed by atoms with Crippen molar-refractivity contribution in [3.63, 3.8) is 0 Å². The molecule has 0 spiro atoms. The van der Waals surface area contributed by atoms with Crippen molar-refractivity contribution in [1.29, 1.82) is 0 Å². The highest BCUT2D eigenvalue weighted by Crippen LogP contribution is 2.33. The van der Waals surface area contributed by atoms with E-state index in [1.54, 1.807) is 48.9 Å². The third kappa shape index (κ3) is 4.02. The lowest BCUT2D eigenvalue weighted by atomic mass is 10.1. The maximum absolute atomic E-state index is 13.0. The Hall–Kier alpha value is -3.33. The minimum absolute atomic E-state index is 0.0554. The fourth-order valence-electron chi connectivity index (χ4n) is 3.31. The van der Waals surface area contributed by atoms with Crippen LogP contribution in [-0.2, 0) is 14.6 Å². The van der Waals surface area contributed by atoms with Crippen LogP contribution in [0.2, 0.25) is 0 Å². The molecule has 1 N–H and O–H groups in total. The number of hydrogen-bond acceptors (Lipinski definition) is 7. The molecule has 1 aliphatic rings. The largest absolute Gasteiger partial charge is 0.467 e. The van der Waals surface area contributed by atoms with Crippen LogP contribution in [0.5, 0.6) is 0 Å². The van der Waals surface area contributed by atoms with Gasteiger partial charge in [0.2, 0.25) is 0 Å². The molecule has 0 radical (unpaired) electrons. The molecule has 3 heterocycles. The van der Waals surface area contributed by atoms with Gasteiger partial charge >= 0.3 is 0 Å². The van der Waals surface area contributed by atoms with Crippen LogP contribution in [0.1, 0.15) is 29.5 Å². The van der Waals surface area contributed by atoms with Gasteiger partial charge in [-0.1, -0.05) is 6.07 Å². The number of aryl methyl sites for hydroxylation is 1. The smallest absolute Gasteiger partial charge is 0.262 e. The molecule has 4 rings (SSSR count). The third-order valence-corrected chi connectivity index (χ3v) is 6.02. The van der Waals surface area contributed by atoms with Crippen molar-refractivity contribution in [2.45, 2.75) is 24.3 Å². The zero-order chi connectivity index (χ0) is 21.3. The Kier molecular flexibility index (Phi) is 5.21. The number of hydrogen-bond donors (Lipinski definition) is 1. The molecular weight excluding hydrogens is 406 g/mol. The number of anilines is 1. The first kappa shape index (κ1) is 20.0. The lowest BCUT2D eigenvalue weighted by Crippen LogP contribution is -2.32. The van der Waals surface area contributed by atoms with Gasteiger partial charge < -0.3 is 14.2 Å². The molecular formula is C21H21N3O5S. The zero-order valence-electron chi connectivity index (χ0n) is 16.5. The molecule has 2 aromatic heterocycles. The maximum atomic E-state index is 13.0. The Morgan fingerprint density at radius 2 is 1.97 bits per heavy atom. The molecule has 30 heavy (non-hydrogen) atoms. The summed E-state index contributed by atoms with van der Waals surface area (Å²) in [6.45, 7) is 1.79. The molecule has 0 saturated heterocycles. The van der Waals surface area contributed by atoms with Gasteiger partial charge in [0.05, 0.1) is 24.0 Å². The molecule has 1 unspecified atom stereocenters. The van der Waals surface area contributed by atoms with E-state index in [4.69, 9.17) is 8.83 Å². The first-order valence-electron chi connectivity index (χ1n) is 9.34. The average molecular weight is 427 g/mol. The number of benzene rings is 1. The molecule has 1 aromatic carbocycles. The molecule has 0 fully saturated rings. The predicted molar refractivity (Wildman–Crippen MR) is 111 cm³/mol. The summed E-state index contributed by atoms with van der Waals surface area (Å²) >= 11 is 0. The van der Waals surface area contributed by atoms with E-state index in [0.29, 0.717) is 29.3 Å². The molecule has 0 bridgehead atoms. The summed E-state index contributed by atoms with van der Waals surface area (Å²) in [7, 11) is -3.35. The molecule has 8 nitrogen and oxygen atoms in total. The molecule has 156 valence electrons. The van der Waals surface area contributed by atoms with Crippen LogP contribution in [0.25, 0.3) is 0 Å². The predicted octanol–water partition coefficient (Wildman–Crippen LogP) is 3.37. The molecule has 0 aliphatic carbocycles. The monoisotopic (exact) mass is 427 g/mol. The van der Waals surface area contributed by atoms with E-state index in [2.05, 4.69) is 10.4 Å². The van der Waals surface area contributed by atoms with E-state index >= 15 is 0 Å². The maximum Gasteiger partial charge on any atom is 0.262 e. The lowest BCUT2D eigenvalue weighted by molar-refractivity contribution is -0.131. The quantitative estimate of drug-likeness (QED) is 0.647. The van der Waals surface area contributed by atoms with Crippen molar-refractivity contribution in [2.24, 2.45) is 5.10 Å². The first-order chi connectivity index (χ1) is 14.3. The molecule has 9 heteroatoms. The highest BCUT2D eigenvalue weighted by molar-refractivity contribution is 7.90. The number of carbonyl (C=O) groups excluding carboxylic acids is 1. The normalized spacial score (nSPS) is 16.5. The molecule has 0 saturated carbocycles. The van der Waals surface area contributed by atoms with Gasteiger partial charge in [0.1, 0.15) is 23.3 Å². The number of sulfone groups is 1. The van der Waals surface area contributed by atoms with Gasteiger partial charge in [-0.05, 0) is 48.9 Å². The van der Waals surface area contributed by atoms with Crippen molar-refractivity contribution < 1.29 is 22.0 Å². The third-order valence-electron chi connectivity index (χ3n) is 4.91. The van der Waals surface area contributed by atoms with Crippen LogP contribution in [-0.4, -0.2) is 37.8 Å². The fourth-order valence-corrected chi connectivity index (χ4v) is 3.96. The van der Waals surface area contributed by atoms with E-state index in [1.807, 2.05) is 6.92 Å². The van der Waals surface area contributed by atoms with Crippen molar-refractivity contribution in [1.82, 2.24) is 5.01 Å². The minimum Gasteiger partial charge on any atom is -0.467 e. The number of furan rings is 2. The standard InChI is InChI=1S/C21H21N3O5S/c1-14-7-8-15(30(2,26)27)11-16(14)22-13-21(25)24-18(20-6-4-10-29-20)12-17(23-24)19-5-3-9-28-19/h3-11,18,22H,12-13H2,1-2H3. The number of amides is 1. The Bertz CT molecular complexity index is 1180. The van der Waals surface area contributed by atoms with Crippen LogP contribution >= 0.6 is 0 Å². The van der Waals surface area contributed by atoms with Crippen LogP contribution in [0.3, 0.4) is 0 Å². The summed E-state index contributed by atoms with van der Waals surface area (Å²) in [4.78, 5) is 13.2. The van der Waals surface area contributed by atoms with Crippen LogP contribution in [0, 0.1) is 6.92 Å². The molecule has 3 aromatic rings. The fraction of sp³-hybridized carbons (Fsp3) is 0.238. The van der Waals surface area contributed by atoms with Crippen LogP contribution in [0.15, 0.2) is 73.8 Å². The second-order valence-electron chi connectivity index (χ2n) is 7.10. The van der Waals surface area contributed by atoms with E-state index in [0.717, 1.165) is 11.8 Å². The van der Waals surface area contributed by atoms with Crippen molar-refractivity contribution in [2.75, 3.05) is 18.1 Å². The van der Waals surface area contributed by atoms with Gasteiger partial charge in [-0.15, -0.1) is 0 Å². The zero-order valence-corrected chi connectivity index (χ0v) is 17.3. The van der Waals surface area contributed by atoms with Gasteiger partial charge in [0.15, 0.2) is 9.84 Å². The molecule has 1 atom stereocenters. The SMILES string of the molecule is Cc1ccc(S(C)(=O)=O)cc1NCC(=O)N1N=C(c2ccco2)CC1c1ccco1. The van der Waals surface area contributed by atoms with Gasteiger partial charge in [0.25, 0.3) is 5.91 Å². The molecule has 1 amide bonds. The summed E-state index contributed by atoms with van der Waals surface area (Å²) in [6.07, 6.45) is 4.73. The summed E-state index contributed by atoms with van der Waals surface area (Å²) in [5.74, 6) is 0.956.